The van der Waals surface area contributed by atoms with Gasteiger partial charge < -0.3 is 10.2 Å². The van der Waals surface area contributed by atoms with E-state index in [-0.39, 0.29) is 21.5 Å². The summed E-state index contributed by atoms with van der Waals surface area (Å²) in [5.74, 6) is -0.266. The van der Waals surface area contributed by atoms with Crippen LogP contribution in [0.5, 0.6) is 11.5 Å². The van der Waals surface area contributed by atoms with Gasteiger partial charge in [0.2, 0.25) is 0 Å². The van der Waals surface area contributed by atoms with Gasteiger partial charge in [0.25, 0.3) is 0 Å². The van der Waals surface area contributed by atoms with E-state index in [4.69, 9.17) is 23.2 Å². The van der Waals surface area contributed by atoms with Gasteiger partial charge in [0.05, 0.1) is 0 Å². The summed E-state index contributed by atoms with van der Waals surface area (Å²) >= 11 is 14.8. The number of hydrogen-bond acceptors (Lipinski definition) is 2. The van der Waals surface area contributed by atoms with E-state index in [9.17, 15) is 10.2 Å². The number of fused-ring (bicyclic) bond motifs is 1. The fourth-order valence-corrected chi connectivity index (χ4v) is 2.33. The lowest BCUT2D eigenvalue weighted by Gasteiger charge is -2.09. The normalized spacial score (nSPS) is 10.9. The third-order valence-electron chi connectivity index (χ3n) is 2.11. The van der Waals surface area contributed by atoms with Crippen molar-refractivity contribution in [1.29, 1.82) is 0 Å². The van der Waals surface area contributed by atoms with Gasteiger partial charge in [-0.15, -0.1) is 0 Å². The zero-order valence-electron chi connectivity index (χ0n) is 7.26. The van der Waals surface area contributed by atoms with Gasteiger partial charge in [-0.3, -0.25) is 0 Å². The summed E-state index contributed by atoms with van der Waals surface area (Å²) in [5, 5.41) is 20.3. The Hall–Kier alpha value is -0.640. The van der Waals surface area contributed by atoms with Crippen LogP contribution in [0.25, 0.3) is 10.8 Å². The van der Waals surface area contributed by atoms with E-state index < -0.39 is 0 Å². The lowest BCUT2D eigenvalue weighted by molar-refractivity contribution is 0.470. The second-order valence-electron chi connectivity index (χ2n) is 2.99. The van der Waals surface area contributed by atoms with Gasteiger partial charge in [-0.25, -0.2) is 0 Å². The van der Waals surface area contributed by atoms with Crippen molar-refractivity contribution in [3.8, 4) is 11.5 Å². The van der Waals surface area contributed by atoms with Crippen molar-refractivity contribution >= 4 is 49.9 Å². The van der Waals surface area contributed by atoms with Crippen molar-refractivity contribution < 1.29 is 10.2 Å². The monoisotopic (exact) mass is 306 g/mol. The molecule has 2 nitrogen and oxygen atoms in total. The summed E-state index contributed by atoms with van der Waals surface area (Å²) in [6.07, 6.45) is 0. The molecule has 0 aliphatic rings. The highest BCUT2D eigenvalue weighted by Gasteiger charge is 2.17. The van der Waals surface area contributed by atoms with E-state index in [0.717, 1.165) is 0 Å². The van der Waals surface area contributed by atoms with Crippen molar-refractivity contribution in [3.63, 3.8) is 0 Å². The van der Waals surface area contributed by atoms with Crippen LogP contribution in [0.1, 0.15) is 0 Å². The quantitative estimate of drug-likeness (QED) is 0.712. The highest BCUT2D eigenvalue weighted by molar-refractivity contribution is 9.10. The standard InChI is InChI=1S/C10H5BrCl2O2/c11-5-3-1-2-4-6(5)10(15)8(13)7(12)9(4)14/h1-3,14-15H. The van der Waals surface area contributed by atoms with Gasteiger partial charge in [-0.2, -0.15) is 0 Å². The smallest absolute Gasteiger partial charge is 0.144 e. The van der Waals surface area contributed by atoms with Gasteiger partial charge in [0.1, 0.15) is 21.5 Å². The summed E-state index contributed by atoms with van der Waals surface area (Å²) in [6, 6.07) is 5.12. The Kier molecular flexibility index (Phi) is 2.71. The number of phenols is 2. The second-order valence-corrected chi connectivity index (χ2v) is 4.60. The maximum absolute atomic E-state index is 9.79. The van der Waals surface area contributed by atoms with Crippen LogP contribution in [0.15, 0.2) is 22.7 Å². The molecular formula is C10H5BrCl2O2. The third kappa shape index (κ3) is 1.55. The minimum atomic E-state index is -0.137. The topological polar surface area (TPSA) is 40.5 Å². The van der Waals surface area contributed by atoms with E-state index in [1.165, 1.54) is 0 Å². The Bertz CT molecular complexity index is 555. The molecule has 2 aromatic carbocycles. The second kappa shape index (κ2) is 3.74. The first-order valence-corrected chi connectivity index (χ1v) is 5.56. The van der Waals surface area contributed by atoms with Crippen molar-refractivity contribution in [3.05, 3.63) is 32.7 Å². The molecule has 2 rings (SSSR count). The van der Waals surface area contributed by atoms with Crippen LogP contribution < -0.4 is 0 Å². The number of phenolic OH excluding ortho intramolecular Hbond substituents is 2. The summed E-state index contributed by atoms with van der Waals surface area (Å²) in [4.78, 5) is 0. The maximum atomic E-state index is 9.79. The summed E-state index contributed by atoms with van der Waals surface area (Å²) < 4.78 is 0.645. The largest absolute Gasteiger partial charge is 0.506 e. The van der Waals surface area contributed by atoms with Crippen molar-refractivity contribution in [1.82, 2.24) is 0 Å². The average molecular weight is 308 g/mol. The Morgan fingerprint density at radius 2 is 1.60 bits per heavy atom. The van der Waals surface area contributed by atoms with Crippen LogP contribution >= 0.6 is 39.1 Å². The Morgan fingerprint density at radius 1 is 1.00 bits per heavy atom. The van der Waals surface area contributed by atoms with Crippen LogP contribution in [0, 0.1) is 0 Å². The highest BCUT2D eigenvalue weighted by atomic mass is 79.9. The van der Waals surface area contributed by atoms with Crippen molar-refractivity contribution in [2.24, 2.45) is 0 Å². The Balaban J connectivity index is 3.08. The molecule has 0 fully saturated rings. The number of rotatable bonds is 0. The average Bonchev–Trinajstić information content (AvgIpc) is 2.23. The summed E-state index contributed by atoms with van der Waals surface area (Å²) in [7, 11) is 0. The van der Waals surface area contributed by atoms with E-state index in [1.807, 2.05) is 0 Å². The van der Waals surface area contributed by atoms with E-state index in [0.29, 0.717) is 15.2 Å². The molecule has 0 aromatic heterocycles. The lowest BCUT2D eigenvalue weighted by Crippen LogP contribution is -1.81. The molecule has 0 atom stereocenters. The van der Waals surface area contributed by atoms with Crippen molar-refractivity contribution in [2.45, 2.75) is 0 Å². The molecule has 0 spiro atoms. The molecule has 78 valence electrons. The zero-order valence-corrected chi connectivity index (χ0v) is 10.4. The lowest BCUT2D eigenvalue weighted by atomic mass is 10.1. The molecule has 0 aliphatic carbocycles. The molecule has 0 saturated heterocycles. The fourth-order valence-electron chi connectivity index (χ4n) is 1.40. The first kappa shape index (κ1) is 10.9. The first-order chi connectivity index (χ1) is 7.04. The van der Waals surface area contributed by atoms with Crippen LogP contribution in [0.2, 0.25) is 10.0 Å². The van der Waals surface area contributed by atoms with E-state index in [1.54, 1.807) is 18.2 Å². The third-order valence-corrected chi connectivity index (χ3v) is 3.61. The van der Waals surface area contributed by atoms with Crippen LogP contribution in [0.3, 0.4) is 0 Å². The van der Waals surface area contributed by atoms with E-state index >= 15 is 0 Å². The van der Waals surface area contributed by atoms with Gasteiger partial charge in [0, 0.05) is 15.2 Å². The molecule has 15 heavy (non-hydrogen) atoms. The fraction of sp³-hybridized carbons (Fsp3) is 0. The molecular weight excluding hydrogens is 303 g/mol. The molecule has 0 unspecified atom stereocenters. The molecule has 0 heterocycles. The molecule has 5 heteroatoms. The number of benzene rings is 2. The van der Waals surface area contributed by atoms with Gasteiger partial charge in [0.15, 0.2) is 0 Å². The molecule has 2 aromatic rings. The highest BCUT2D eigenvalue weighted by Crippen LogP contribution is 2.47. The summed E-state index contributed by atoms with van der Waals surface area (Å²) in [6.45, 7) is 0. The van der Waals surface area contributed by atoms with Crippen molar-refractivity contribution in [2.75, 3.05) is 0 Å². The van der Waals surface area contributed by atoms with Gasteiger partial charge >= 0.3 is 0 Å². The molecule has 0 radical (unpaired) electrons. The van der Waals surface area contributed by atoms with Crippen LogP contribution in [0.4, 0.5) is 0 Å². The summed E-state index contributed by atoms with van der Waals surface area (Å²) in [5.41, 5.74) is 0. The molecule has 0 bridgehead atoms. The van der Waals surface area contributed by atoms with Crippen LogP contribution in [-0.4, -0.2) is 10.2 Å². The molecule has 0 saturated carbocycles. The SMILES string of the molecule is Oc1c(Cl)c(Cl)c(O)c2c(Br)cccc12. The predicted molar refractivity (Wildman–Crippen MR) is 65.0 cm³/mol. The van der Waals surface area contributed by atoms with E-state index in [2.05, 4.69) is 15.9 Å². The first-order valence-electron chi connectivity index (χ1n) is 4.01. The van der Waals surface area contributed by atoms with Crippen LogP contribution in [-0.2, 0) is 0 Å². The predicted octanol–water partition coefficient (Wildman–Crippen LogP) is 4.32. The van der Waals surface area contributed by atoms with Gasteiger partial charge in [-0.1, -0.05) is 51.3 Å². The molecule has 0 aliphatic heterocycles. The minimum absolute atomic E-state index is 0.0419. The molecule has 2 N–H and O–H groups in total. The zero-order chi connectivity index (χ0) is 11.2. The Labute approximate surface area is 104 Å². The number of halogens is 3. The number of aromatic hydroxyl groups is 2. The minimum Gasteiger partial charge on any atom is -0.506 e. The van der Waals surface area contributed by atoms with Gasteiger partial charge in [-0.05, 0) is 6.07 Å². The number of hydrogen-bond donors (Lipinski definition) is 2. The maximum Gasteiger partial charge on any atom is 0.144 e. The Morgan fingerprint density at radius 3 is 2.27 bits per heavy atom. The molecule has 0 amide bonds.